The van der Waals surface area contributed by atoms with E-state index in [1.807, 2.05) is 72.8 Å². The zero-order valence-corrected chi connectivity index (χ0v) is 19.7. The van der Waals surface area contributed by atoms with E-state index >= 15 is 0 Å². The maximum atomic E-state index is 12.6. The van der Waals surface area contributed by atoms with Gasteiger partial charge in [0.25, 0.3) is 0 Å². The molecule has 3 N–H and O–H groups in total. The second-order valence-corrected chi connectivity index (χ2v) is 8.78. The largest absolute Gasteiger partial charge is 0.481 e. The van der Waals surface area contributed by atoms with Crippen LogP contribution in [0.5, 0.6) is 0 Å². The van der Waals surface area contributed by atoms with Gasteiger partial charge in [0.05, 0.1) is 6.42 Å². The van der Waals surface area contributed by atoms with Crippen molar-refractivity contribution in [3.05, 3.63) is 94.0 Å². The van der Waals surface area contributed by atoms with Gasteiger partial charge in [0.15, 0.2) is 0 Å². The molecule has 34 heavy (non-hydrogen) atoms. The number of alkyl carbamates (subject to hydrolysis) is 1. The molecular weight excluding hydrogens is 500 g/mol. The number of benzene rings is 3. The van der Waals surface area contributed by atoms with Gasteiger partial charge < -0.3 is 20.5 Å². The van der Waals surface area contributed by atoms with Crippen molar-refractivity contribution in [1.82, 2.24) is 10.6 Å². The Kier molecular flexibility index (Phi) is 7.27. The fourth-order valence-electron chi connectivity index (χ4n) is 4.11. The molecule has 174 valence electrons. The van der Waals surface area contributed by atoms with Crippen LogP contribution in [0, 0.1) is 0 Å². The first-order chi connectivity index (χ1) is 16.4. The lowest BCUT2D eigenvalue weighted by Gasteiger charge is -2.19. The van der Waals surface area contributed by atoms with E-state index < -0.39 is 30.4 Å². The molecule has 0 fully saturated rings. The average Bonchev–Trinajstić information content (AvgIpc) is 3.15. The van der Waals surface area contributed by atoms with E-state index in [0.29, 0.717) is 0 Å². The lowest BCUT2D eigenvalue weighted by Crippen LogP contribution is -2.48. The Morgan fingerprint density at radius 3 is 2.12 bits per heavy atom. The van der Waals surface area contributed by atoms with Gasteiger partial charge in [0, 0.05) is 16.9 Å². The number of hydrogen-bond donors (Lipinski definition) is 3. The number of carbonyl (C=O) groups is 3. The number of halogens is 1. The zero-order valence-electron chi connectivity index (χ0n) is 18.2. The third kappa shape index (κ3) is 5.28. The quantitative estimate of drug-likeness (QED) is 0.405. The van der Waals surface area contributed by atoms with Crippen molar-refractivity contribution in [2.24, 2.45) is 0 Å². The third-order valence-corrected chi connectivity index (χ3v) is 6.52. The van der Waals surface area contributed by atoms with Gasteiger partial charge in [0.1, 0.15) is 12.6 Å². The van der Waals surface area contributed by atoms with Gasteiger partial charge in [-0.1, -0.05) is 82.7 Å². The van der Waals surface area contributed by atoms with Crippen LogP contribution in [0.3, 0.4) is 0 Å². The highest BCUT2D eigenvalue weighted by molar-refractivity contribution is 9.10. The Morgan fingerprint density at radius 2 is 1.50 bits per heavy atom. The summed E-state index contributed by atoms with van der Waals surface area (Å²) in [5, 5.41) is 14.3. The lowest BCUT2D eigenvalue weighted by atomic mass is 9.98. The predicted octanol–water partition coefficient (Wildman–Crippen LogP) is 4.45. The summed E-state index contributed by atoms with van der Waals surface area (Å²) in [6.07, 6.45) is -1.41. The molecule has 1 unspecified atom stereocenters. The van der Waals surface area contributed by atoms with Crippen LogP contribution in [0.15, 0.2) is 77.3 Å². The van der Waals surface area contributed by atoms with Crippen LogP contribution in [0.4, 0.5) is 4.79 Å². The summed E-state index contributed by atoms with van der Waals surface area (Å²) in [6.45, 7) is 0.251. The minimum Gasteiger partial charge on any atom is -0.481 e. The minimum atomic E-state index is -1.27. The van der Waals surface area contributed by atoms with Crippen molar-refractivity contribution in [3.8, 4) is 11.1 Å². The number of ether oxygens (including phenoxy) is 1. The highest BCUT2D eigenvalue weighted by atomic mass is 79.9. The van der Waals surface area contributed by atoms with E-state index in [-0.39, 0.29) is 19.1 Å². The topological polar surface area (TPSA) is 105 Å². The van der Waals surface area contributed by atoms with Crippen molar-refractivity contribution in [2.75, 3.05) is 6.61 Å². The molecule has 1 atom stereocenters. The van der Waals surface area contributed by atoms with E-state index in [1.165, 1.54) is 0 Å². The van der Waals surface area contributed by atoms with E-state index in [1.54, 1.807) is 0 Å². The molecule has 0 radical (unpaired) electrons. The molecule has 0 spiro atoms. The van der Waals surface area contributed by atoms with Crippen LogP contribution < -0.4 is 10.6 Å². The van der Waals surface area contributed by atoms with Crippen LogP contribution in [0.2, 0.25) is 0 Å². The molecule has 1 aliphatic carbocycles. The van der Waals surface area contributed by atoms with Crippen molar-refractivity contribution in [2.45, 2.75) is 24.9 Å². The Labute approximate surface area is 205 Å². The maximum Gasteiger partial charge on any atom is 0.407 e. The van der Waals surface area contributed by atoms with Gasteiger partial charge in [0.2, 0.25) is 5.91 Å². The Morgan fingerprint density at radius 1 is 0.912 bits per heavy atom. The van der Waals surface area contributed by atoms with E-state index in [4.69, 9.17) is 4.74 Å². The number of fused-ring (bicyclic) bond motifs is 3. The molecular formula is C26H23BrN2O5. The average molecular weight is 523 g/mol. The number of carboxylic acid groups (broad SMARTS) is 1. The van der Waals surface area contributed by atoms with Crippen molar-refractivity contribution in [1.29, 1.82) is 0 Å². The van der Waals surface area contributed by atoms with E-state index in [9.17, 15) is 19.5 Å². The molecule has 0 saturated heterocycles. The molecule has 8 heteroatoms. The molecule has 0 saturated carbocycles. The van der Waals surface area contributed by atoms with Gasteiger partial charge in [-0.15, -0.1) is 0 Å². The summed E-state index contributed by atoms with van der Waals surface area (Å²) in [5.74, 6) is -1.95. The van der Waals surface area contributed by atoms with Crippen LogP contribution in [0.1, 0.15) is 29.0 Å². The zero-order chi connectivity index (χ0) is 24.1. The normalized spacial score (nSPS) is 12.9. The van der Waals surface area contributed by atoms with Crippen LogP contribution in [-0.4, -0.2) is 35.7 Å². The lowest BCUT2D eigenvalue weighted by molar-refractivity contribution is -0.139. The van der Waals surface area contributed by atoms with Crippen LogP contribution >= 0.6 is 15.9 Å². The number of carboxylic acids is 1. The summed E-state index contributed by atoms with van der Waals surface area (Å²) in [7, 11) is 0. The summed E-state index contributed by atoms with van der Waals surface area (Å²) >= 11 is 3.40. The first-order valence-electron chi connectivity index (χ1n) is 10.8. The fraction of sp³-hybridized carbons (Fsp3) is 0.192. The number of carbonyl (C=O) groups excluding carboxylic acids is 2. The highest BCUT2D eigenvalue weighted by Gasteiger charge is 2.30. The molecule has 3 aromatic carbocycles. The molecule has 0 heterocycles. The van der Waals surface area contributed by atoms with Gasteiger partial charge in [-0.25, -0.2) is 4.79 Å². The SMILES string of the molecule is O=C(O)CC(NC(=O)OCC1c2ccccc2-c2ccccc21)C(=O)NCc1ccccc1Br. The smallest absolute Gasteiger partial charge is 0.407 e. The fourth-order valence-corrected chi connectivity index (χ4v) is 4.54. The second kappa shape index (κ2) is 10.5. The number of nitrogens with one attached hydrogen (secondary N) is 2. The van der Waals surface area contributed by atoms with Crippen LogP contribution in [0.25, 0.3) is 11.1 Å². The Hall–Kier alpha value is -3.65. The molecule has 7 nitrogen and oxygen atoms in total. The monoisotopic (exact) mass is 522 g/mol. The molecule has 4 rings (SSSR count). The number of amides is 2. The maximum absolute atomic E-state index is 12.6. The summed E-state index contributed by atoms with van der Waals surface area (Å²) in [4.78, 5) is 36.4. The summed E-state index contributed by atoms with van der Waals surface area (Å²) < 4.78 is 6.27. The van der Waals surface area contributed by atoms with Gasteiger partial charge in [-0.3, -0.25) is 9.59 Å². The highest BCUT2D eigenvalue weighted by Crippen LogP contribution is 2.44. The van der Waals surface area contributed by atoms with Gasteiger partial charge in [-0.05, 0) is 33.9 Å². The van der Waals surface area contributed by atoms with Crippen molar-refractivity contribution < 1.29 is 24.2 Å². The Balaban J connectivity index is 1.39. The number of rotatable bonds is 8. The number of aliphatic carboxylic acids is 1. The van der Waals surface area contributed by atoms with Crippen molar-refractivity contribution in [3.63, 3.8) is 0 Å². The summed E-state index contributed by atoms with van der Waals surface area (Å²) in [6, 6.07) is 22.0. The first-order valence-corrected chi connectivity index (χ1v) is 11.6. The third-order valence-electron chi connectivity index (χ3n) is 5.74. The van der Waals surface area contributed by atoms with E-state index in [0.717, 1.165) is 32.3 Å². The van der Waals surface area contributed by atoms with Gasteiger partial charge >= 0.3 is 12.1 Å². The molecule has 0 aromatic heterocycles. The van der Waals surface area contributed by atoms with Crippen LogP contribution in [-0.2, 0) is 20.9 Å². The standard InChI is InChI=1S/C26H23BrN2O5/c27-22-12-6-1-7-16(22)14-28-25(32)23(13-24(30)31)29-26(33)34-15-21-19-10-4-2-8-17(19)18-9-3-5-11-20(18)21/h1-12,21,23H,13-15H2,(H,28,32)(H,29,33)(H,30,31). The second-order valence-electron chi connectivity index (χ2n) is 7.93. The van der Waals surface area contributed by atoms with Crippen molar-refractivity contribution >= 4 is 33.9 Å². The number of hydrogen-bond acceptors (Lipinski definition) is 4. The molecule has 0 aliphatic heterocycles. The van der Waals surface area contributed by atoms with E-state index in [2.05, 4.69) is 26.6 Å². The summed E-state index contributed by atoms with van der Waals surface area (Å²) in [5.41, 5.74) is 5.14. The Bertz CT molecular complexity index is 1180. The molecule has 0 bridgehead atoms. The molecule has 3 aromatic rings. The first kappa shape index (κ1) is 23.5. The van der Waals surface area contributed by atoms with Gasteiger partial charge in [-0.2, -0.15) is 0 Å². The molecule has 2 amide bonds. The molecule has 1 aliphatic rings. The predicted molar refractivity (Wildman–Crippen MR) is 130 cm³/mol. The minimum absolute atomic E-state index is 0.0677.